The summed E-state index contributed by atoms with van der Waals surface area (Å²) in [6.07, 6.45) is 0. The average molecular weight is 261 g/mol. The second kappa shape index (κ2) is 5.14. The lowest BCUT2D eigenvalue weighted by molar-refractivity contribution is 0.472. The third-order valence-electron chi connectivity index (χ3n) is 1.81. The van der Waals surface area contributed by atoms with E-state index in [-0.39, 0.29) is 18.2 Å². The Morgan fingerprint density at radius 1 is 1.44 bits per heavy atom. The molecule has 1 aromatic carbocycles. The molecule has 0 saturated carbocycles. The number of aryl methyl sites for hydroxylation is 1. The van der Waals surface area contributed by atoms with Gasteiger partial charge in [0, 0.05) is 6.07 Å². The average Bonchev–Trinajstić information content (AvgIpc) is 2.45. The quantitative estimate of drug-likeness (QED) is 0.900. The van der Waals surface area contributed by atoms with Crippen molar-refractivity contribution in [3.05, 3.63) is 35.8 Å². The van der Waals surface area contributed by atoms with Crippen molar-refractivity contribution >= 4 is 28.7 Å². The molecule has 16 heavy (non-hydrogen) atoms. The zero-order valence-corrected chi connectivity index (χ0v) is 10.1. The second-order valence-corrected chi connectivity index (χ2v) is 3.98. The number of rotatable bonds is 2. The van der Waals surface area contributed by atoms with Crippen molar-refractivity contribution in [2.75, 3.05) is 5.73 Å². The summed E-state index contributed by atoms with van der Waals surface area (Å²) in [6.45, 7) is 1.80. The van der Waals surface area contributed by atoms with Crippen molar-refractivity contribution in [2.45, 2.75) is 6.92 Å². The van der Waals surface area contributed by atoms with E-state index in [2.05, 4.69) is 4.98 Å². The normalized spacial score (nSPS) is 9.62. The third-order valence-corrected chi connectivity index (χ3v) is 2.68. The van der Waals surface area contributed by atoms with Gasteiger partial charge in [-0.2, -0.15) is 0 Å². The summed E-state index contributed by atoms with van der Waals surface area (Å²) in [7, 11) is 0. The molecule has 2 N–H and O–H groups in total. The van der Waals surface area contributed by atoms with Crippen LogP contribution in [0.1, 0.15) is 5.69 Å². The van der Waals surface area contributed by atoms with Crippen LogP contribution >= 0.6 is 23.7 Å². The lowest BCUT2D eigenvalue weighted by atomic mass is 10.3. The first-order chi connectivity index (χ1) is 7.15. The monoisotopic (exact) mass is 260 g/mol. The number of thiazole rings is 1. The number of nitrogens with zero attached hydrogens (tertiary/aromatic N) is 1. The van der Waals surface area contributed by atoms with Gasteiger partial charge >= 0.3 is 0 Å². The maximum atomic E-state index is 12.8. The van der Waals surface area contributed by atoms with Crippen LogP contribution in [0, 0.1) is 12.7 Å². The number of nitrogens with two attached hydrogens (primary N) is 1. The van der Waals surface area contributed by atoms with Gasteiger partial charge in [0.1, 0.15) is 16.6 Å². The fourth-order valence-electron chi connectivity index (χ4n) is 1.06. The van der Waals surface area contributed by atoms with E-state index in [1.54, 1.807) is 19.1 Å². The summed E-state index contributed by atoms with van der Waals surface area (Å²) < 4.78 is 18.2. The largest absolute Gasteiger partial charge is 0.431 e. The summed E-state index contributed by atoms with van der Waals surface area (Å²) in [6, 6.07) is 5.89. The van der Waals surface area contributed by atoms with Crippen molar-refractivity contribution in [1.82, 2.24) is 4.98 Å². The van der Waals surface area contributed by atoms with Crippen molar-refractivity contribution in [3.63, 3.8) is 0 Å². The van der Waals surface area contributed by atoms with Gasteiger partial charge in [-0.05, 0) is 19.1 Å². The van der Waals surface area contributed by atoms with E-state index in [0.29, 0.717) is 15.9 Å². The maximum Gasteiger partial charge on any atom is 0.280 e. The van der Waals surface area contributed by atoms with E-state index in [1.165, 1.54) is 23.5 Å². The lowest BCUT2D eigenvalue weighted by Gasteiger charge is -2.00. The summed E-state index contributed by atoms with van der Waals surface area (Å²) in [5.74, 6) is 0.0810. The van der Waals surface area contributed by atoms with Crippen LogP contribution < -0.4 is 10.5 Å². The van der Waals surface area contributed by atoms with E-state index in [4.69, 9.17) is 10.5 Å². The molecule has 0 radical (unpaired) electrons. The Morgan fingerprint density at radius 2 is 2.19 bits per heavy atom. The number of halogens is 2. The van der Waals surface area contributed by atoms with Crippen LogP contribution in [0.4, 0.5) is 9.39 Å². The van der Waals surface area contributed by atoms with E-state index in [9.17, 15) is 4.39 Å². The van der Waals surface area contributed by atoms with E-state index >= 15 is 0 Å². The minimum atomic E-state index is -0.339. The molecule has 0 aliphatic heterocycles. The number of benzene rings is 1. The molecule has 0 atom stereocenters. The topological polar surface area (TPSA) is 48.1 Å². The molecule has 0 aliphatic rings. The SMILES string of the molecule is Cc1nc(Oc2cccc(F)c2)sc1N.Cl. The van der Waals surface area contributed by atoms with Gasteiger partial charge in [-0.25, -0.2) is 9.37 Å². The minimum absolute atomic E-state index is 0. The van der Waals surface area contributed by atoms with Gasteiger partial charge in [0.05, 0.1) is 5.69 Å². The van der Waals surface area contributed by atoms with Crippen molar-refractivity contribution < 1.29 is 9.13 Å². The Balaban J connectivity index is 0.00000128. The Labute approximate surface area is 102 Å². The summed E-state index contributed by atoms with van der Waals surface area (Å²) in [5, 5.41) is 1.04. The predicted octanol–water partition coefficient (Wildman–Crippen LogP) is 3.39. The summed E-state index contributed by atoms with van der Waals surface area (Å²) in [4.78, 5) is 4.08. The molecule has 0 fully saturated rings. The van der Waals surface area contributed by atoms with Gasteiger partial charge < -0.3 is 10.5 Å². The van der Waals surface area contributed by atoms with Gasteiger partial charge in [0.2, 0.25) is 0 Å². The van der Waals surface area contributed by atoms with Crippen molar-refractivity contribution in [3.8, 4) is 10.9 Å². The molecule has 0 spiro atoms. The molecule has 0 bridgehead atoms. The summed E-state index contributed by atoms with van der Waals surface area (Å²) in [5.41, 5.74) is 6.35. The first-order valence-electron chi connectivity index (χ1n) is 4.31. The van der Waals surface area contributed by atoms with Crippen LogP contribution in [0.25, 0.3) is 0 Å². The van der Waals surface area contributed by atoms with Crippen LogP contribution in [0.15, 0.2) is 24.3 Å². The highest BCUT2D eigenvalue weighted by atomic mass is 35.5. The number of anilines is 1. The standard InChI is InChI=1S/C10H9FN2OS.ClH/c1-6-9(12)15-10(13-6)14-8-4-2-3-7(11)5-8;/h2-5H,12H2,1H3;1H. The molecule has 1 aromatic heterocycles. The van der Waals surface area contributed by atoms with E-state index < -0.39 is 0 Å². The summed E-state index contributed by atoms with van der Waals surface area (Å²) >= 11 is 1.24. The van der Waals surface area contributed by atoms with Gasteiger partial charge in [-0.3, -0.25) is 0 Å². The molecule has 0 unspecified atom stereocenters. The highest BCUT2D eigenvalue weighted by Gasteiger charge is 2.06. The molecule has 0 aliphatic carbocycles. The fourth-order valence-corrected chi connectivity index (χ4v) is 1.76. The number of hydrogen-bond donors (Lipinski definition) is 1. The zero-order chi connectivity index (χ0) is 10.8. The van der Waals surface area contributed by atoms with Crippen LogP contribution in [0.2, 0.25) is 0 Å². The number of ether oxygens (including phenoxy) is 1. The Hall–Kier alpha value is -1.33. The zero-order valence-electron chi connectivity index (χ0n) is 8.44. The second-order valence-electron chi connectivity index (χ2n) is 2.99. The predicted molar refractivity (Wildman–Crippen MR) is 65.0 cm³/mol. The number of hydrogen-bond acceptors (Lipinski definition) is 4. The molecule has 3 nitrogen and oxygen atoms in total. The first-order valence-corrected chi connectivity index (χ1v) is 5.13. The Morgan fingerprint density at radius 3 is 2.75 bits per heavy atom. The molecular formula is C10H10ClFN2OS. The lowest BCUT2D eigenvalue weighted by Crippen LogP contribution is -1.84. The van der Waals surface area contributed by atoms with Crippen LogP contribution in [0.3, 0.4) is 0 Å². The molecule has 6 heteroatoms. The molecule has 2 aromatic rings. The van der Waals surface area contributed by atoms with Crippen LogP contribution in [-0.2, 0) is 0 Å². The highest BCUT2D eigenvalue weighted by Crippen LogP contribution is 2.30. The molecule has 86 valence electrons. The van der Waals surface area contributed by atoms with Crippen molar-refractivity contribution in [1.29, 1.82) is 0 Å². The molecular weight excluding hydrogens is 251 g/mol. The van der Waals surface area contributed by atoms with Gasteiger partial charge in [-0.15, -0.1) is 12.4 Å². The van der Waals surface area contributed by atoms with E-state index in [0.717, 1.165) is 5.69 Å². The first kappa shape index (κ1) is 12.7. The molecule has 0 amide bonds. The van der Waals surface area contributed by atoms with Gasteiger partial charge in [-0.1, -0.05) is 17.4 Å². The van der Waals surface area contributed by atoms with Gasteiger partial charge in [0.25, 0.3) is 5.19 Å². The van der Waals surface area contributed by atoms with Crippen molar-refractivity contribution in [2.24, 2.45) is 0 Å². The van der Waals surface area contributed by atoms with E-state index in [1.807, 2.05) is 0 Å². The van der Waals surface area contributed by atoms with Crippen LogP contribution in [-0.4, -0.2) is 4.98 Å². The van der Waals surface area contributed by atoms with Gasteiger partial charge in [0.15, 0.2) is 0 Å². The van der Waals surface area contributed by atoms with Crippen LogP contribution in [0.5, 0.6) is 10.9 Å². The maximum absolute atomic E-state index is 12.8. The number of aromatic nitrogens is 1. The highest BCUT2D eigenvalue weighted by molar-refractivity contribution is 7.17. The third kappa shape index (κ3) is 2.84. The molecule has 1 heterocycles. The Kier molecular flexibility index (Phi) is 4.09. The molecule has 0 saturated heterocycles. The minimum Gasteiger partial charge on any atom is -0.431 e. The fraction of sp³-hybridized carbons (Fsp3) is 0.100. The number of nitrogen functional groups attached to an aromatic ring is 1. The molecule has 2 rings (SSSR count). The Bertz CT molecular complexity index is 470. The smallest absolute Gasteiger partial charge is 0.280 e.